The van der Waals surface area contributed by atoms with E-state index < -0.39 is 0 Å². The van der Waals surface area contributed by atoms with Crippen LogP contribution in [-0.2, 0) is 0 Å². The van der Waals surface area contributed by atoms with Crippen LogP contribution in [0.4, 0.5) is 23.1 Å². The molecule has 3 heterocycles. The number of anilines is 4. The van der Waals surface area contributed by atoms with Crippen LogP contribution in [0.15, 0.2) is 42.7 Å². The zero-order valence-electron chi connectivity index (χ0n) is 14.9. The van der Waals surface area contributed by atoms with Gasteiger partial charge in [0, 0.05) is 42.8 Å². The fourth-order valence-electron chi connectivity index (χ4n) is 3.35. The fraction of sp³-hybridized carbons (Fsp3) is 0.300. The van der Waals surface area contributed by atoms with E-state index in [0.717, 1.165) is 41.7 Å². The summed E-state index contributed by atoms with van der Waals surface area (Å²) in [5.41, 5.74) is 4.18. The van der Waals surface area contributed by atoms with Gasteiger partial charge in [0.1, 0.15) is 5.02 Å². The topological polar surface area (TPSA) is 44.3 Å². The summed E-state index contributed by atoms with van der Waals surface area (Å²) < 4.78 is 0. The van der Waals surface area contributed by atoms with Gasteiger partial charge < -0.3 is 15.1 Å². The zero-order valence-corrected chi connectivity index (χ0v) is 15.6. The van der Waals surface area contributed by atoms with Gasteiger partial charge in [0.2, 0.25) is 5.95 Å². The Morgan fingerprint density at radius 1 is 1.15 bits per heavy atom. The molecule has 0 spiro atoms. The summed E-state index contributed by atoms with van der Waals surface area (Å²) in [6.45, 7) is 6.04. The van der Waals surface area contributed by atoms with E-state index in [1.807, 2.05) is 19.2 Å². The van der Waals surface area contributed by atoms with Gasteiger partial charge in [0.05, 0.1) is 6.20 Å². The van der Waals surface area contributed by atoms with E-state index in [0.29, 0.717) is 10.8 Å². The number of hydrogen-bond acceptors (Lipinski definition) is 5. The highest BCUT2D eigenvalue weighted by atomic mass is 35.5. The highest BCUT2D eigenvalue weighted by molar-refractivity contribution is 6.32. The van der Waals surface area contributed by atoms with E-state index in [9.17, 15) is 0 Å². The number of aromatic nitrogens is 2. The summed E-state index contributed by atoms with van der Waals surface area (Å²) in [7, 11) is 2.02. The van der Waals surface area contributed by atoms with Crippen LogP contribution in [0.5, 0.6) is 0 Å². The van der Waals surface area contributed by atoms with Gasteiger partial charge >= 0.3 is 0 Å². The average Bonchev–Trinajstić information content (AvgIpc) is 2.67. The van der Waals surface area contributed by atoms with Crippen molar-refractivity contribution in [2.45, 2.75) is 19.3 Å². The molecule has 5 nitrogen and oxygen atoms in total. The number of likely N-dealkylation sites (N-methyl/N-ethyl adjacent to an activating group) is 1. The van der Waals surface area contributed by atoms with Gasteiger partial charge in [-0.2, -0.15) is 4.98 Å². The van der Waals surface area contributed by atoms with Crippen molar-refractivity contribution in [3.8, 4) is 0 Å². The van der Waals surface area contributed by atoms with Gasteiger partial charge in [0.15, 0.2) is 5.82 Å². The second kappa shape index (κ2) is 7.00. The number of benzene rings is 1. The highest BCUT2D eigenvalue weighted by Crippen LogP contribution is 2.33. The maximum atomic E-state index is 6.33. The second-order valence-corrected chi connectivity index (χ2v) is 7.10. The smallest absolute Gasteiger partial charge is 0.227 e. The van der Waals surface area contributed by atoms with E-state index in [2.05, 4.69) is 49.9 Å². The Balaban J connectivity index is 1.60. The standard InChI is InChI=1S/C20H22ClN5/c1-14-6-7-15-12-16(8-9-18(15)25(14)2)23-19-17(21)13-22-20(24-19)26-10-4-3-5-11-26/h6-9,12-13H,1,3-5,10-11H2,2H3,(H,22,23,24). The van der Waals surface area contributed by atoms with Gasteiger partial charge in [-0.1, -0.05) is 24.3 Å². The first-order chi connectivity index (χ1) is 12.6. The molecule has 1 saturated heterocycles. The van der Waals surface area contributed by atoms with E-state index in [1.165, 1.54) is 19.3 Å². The van der Waals surface area contributed by atoms with E-state index in [1.54, 1.807) is 6.20 Å². The van der Waals surface area contributed by atoms with Gasteiger partial charge in [-0.15, -0.1) is 0 Å². The zero-order chi connectivity index (χ0) is 18.1. The Morgan fingerprint density at radius 3 is 2.77 bits per heavy atom. The lowest BCUT2D eigenvalue weighted by molar-refractivity contribution is 0.568. The van der Waals surface area contributed by atoms with Crippen molar-refractivity contribution < 1.29 is 0 Å². The SMILES string of the molecule is C=C1C=Cc2cc(Nc3nc(N4CCCCC4)ncc3Cl)ccc2N1C. The van der Waals surface area contributed by atoms with Gasteiger partial charge in [-0.05, 0) is 43.5 Å². The van der Waals surface area contributed by atoms with E-state index in [4.69, 9.17) is 11.6 Å². The predicted octanol–water partition coefficient (Wildman–Crippen LogP) is 4.84. The number of allylic oxidation sites excluding steroid dienone is 1. The maximum absolute atomic E-state index is 6.33. The second-order valence-electron chi connectivity index (χ2n) is 6.70. The number of hydrogen-bond donors (Lipinski definition) is 1. The molecule has 2 aromatic rings. The molecule has 0 amide bonds. The molecular weight excluding hydrogens is 346 g/mol. The van der Waals surface area contributed by atoms with Crippen molar-refractivity contribution >= 4 is 40.8 Å². The van der Waals surface area contributed by atoms with Crippen molar-refractivity contribution in [2.75, 3.05) is 35.3 Å². The lowest BCUT2D eigenvalue weighted by atomic mass is 10.1. The molecule has 0 bridgehead atoms. The minimum Gasteiger partial charge on any atom is -0.345 e. The molecule has 134 valence electrons. The van der Waals surface area contributed by atoms with Crippen LogP contribution in [-0.4, -0.2) is 30.1 Å². The largest absolute Gasteiger partial charge is 0.345 e. The molecule has 1 fully saturated rings. The number of halogens is 1. The van der Waals surface area contributed by atoms with Crippen molar-refractivity contribution in [3.05, 3.63) is 53.3 Å². The molecule has 0 atom stereocenters. The molecule has 0 unspecified atom stereocenters. The normalized spacial score (nSPS) is 16.6. The summed E-state index contributed by atoms with van der Waals surface area (Å²) in [5, 5.41) is 3.86. The summed E-state index contributed by atoms with van der Waals surface area (Å²) in [6.07, 6.45) is 9.41. The third-order valence-electron chi connectivity index (χ3n) is 4.91. The molecule has 4 rings (SSSR count). The Labute approximate surface area is 159 Å². The third kappa shape index (κ3) is 3.27. The van der Waals surface area contributed by atoms with E-state index in [-0.39, 0.29) is 0 Å². The summed E-state index contributed by atoms with van der Waals surface area (Å²) in [6, 6.07) is 6.20. The lowest BCUT2D eigenvalue weighted by Gasteiger charge is -2.27. The van der Waals surface area contributed by atoms with E-state index >= 15 is 0 Å². The van der Waals surface area contributed by atoms with Gasteiger partial charge in [0.25, 0.3) is 0 Å². The Kier molecular flexibility index (Phi) is 4.55. The van der Waals surface area contributed by atoms with Crippen molar-refractivity contribution in [1.82, 2.24) is 9.97 Å². The quantitative estimate of drug-likeness (QED) is 0.840. The van der Waals surface area contributed by atoms with Gasteiger partial charge in [-0.3, -0.25) is 0 Å². The van der Waals surface area contributed by atoms with Crippen LogP contribution >= 0.6 is 11.6 Å². The Bertz CT molecular complexity index is 871. The molecule has 1 aromatic carbocycles. The van der Waals surface area contributed by atoms with Crippen LogP contribution in [0.2, 0.25) is 5.02 Å². The first-order valence-corrected chi connectivity index (χ1v) is 9.29. The number of piperidine rings is 1. The number of fused-ring (bicyclic) bond motifs is 1. The Hall–Kier alpha value is -2.53. The molecule has 0 saturated carbocycles. The average molecular weight is 368 g/mol. The number of rotatable bonds is 3. The maximum Gasteiger partial charge on any atom is 0.227 e. The van der Waals surface area contributed by atoms with Crippen molar-refractivity contribution in [2.24, 2.45) is 0 Å². The van der Waals surface area contributed by atoms with Crippen molar-refractivity contribution in [1.29, 1.82) is 0 Å². The molecule has 0 radical (unpaired) electrons. The minimum atomic E-state index is 0.518. The monoisotopic (exact) mass is 367 g/mol. The number of nitrogens with one attached hydrogen (secondary N) is 1. The molecule has 1 N–H and O–H groups in total. The molecule has 2 aliphatic rings. The summed E-state index contributed by atoms with van der Waals surface area (Å²) in [4.78, 5) is 13.4. The minimum absolute atomic E-state index is 0.518. The molecule has 6 heteroatoms. The molecule has 0 aliphatic carbocycles. The van der Waals surface area contributed by atoms with Crippen LogP contribution in [0.1, 0.15) is 24.8 Å². The van der Waals surface area contributed by atoms with Crippen LogP contribution < -0.4 is 15.1 Å². The first-order valence-electron chi connectivity index (χ1n) is 8.91. The van der Waals surface area contributed by atoms with Crippen LogP contribution in [0.3, 0.4) is 0 Å². The fourth-order valence-corrected chi connectivity index (χ4v) is 3.49. The van der Waals surface area contributed by atoms with Crippen LogP contribution in [0, 0.1) is 0 Å². The lowest BCUT2D eigenvalue weighted by Crippen LogP contribution is -2.31. The highest BCUT2D eigenvalue weighted by Gasteiger charge is 2.16. The summed E-state index contributed by atoms with van der Waals surface area (Å²) >= 11 is 6.33. The van der Waals surface area contributed by atoms with Crippen LogP contribution in [0.25, 0.3) is 6.08 Å². The predicted molar refractivity (Wildman–Crippen MR) is 109 cm³/mol. The molecule has 26 heavy (non-hydrogen) atoms. The molecular formula is C20H22ClN5. The van der Waals surface area contributed by atoms with Gasteiger partial charge in [-0.25, -0.2) is 4.98 Å². The summed E-state index contributed by atoms with van der Waals surface area (Å²) in [5.74, 6) is 1.38. The molecule has 2 aliphatic heterocycles. The van der Waals surface area contributed by atoms with Crippen molar-refractivity contribution in [3.63, 3.8) is 0 Å². The Morgan fingerprint density at radius 2 is 1.96 bits per heavy atom. The third-order valence-corrected chi connectivity index (χ3v) is 5.18. The number of nitrogens with zero attached hydrogens (tertiary/aromatic N) is 4. The first kappa shape index (κ1) is 16.9. The molecule has 1 aromatic heterocycles.